The zero-order valence-corrected chi connectivity index (χ0v) is 16.0. The minimum absolute atomic E-state index is 0.0377. The van der Waals surface area contributed by atoms with E-state index in [2.05, 4.69) is 15.9 Å². The highest BCUT2D eigenvalue weighted by Gasteiger charge is 2.21. The summed E-state index contributed by atoms with van der Waals surface area (Å²) in [5.41, 5.74) is 1.43. The number of fused-ring (bicyclic) bond motifs is 1. The molecule has 0 fully saturated rings. The van der Waals surface area contributed by atoms with E-state index in [4.69, 9.17) is 9.84 Å². The maximum Gasteiger partial charge on any atom is 0.268 e. The molecule has 132 valence electrons. The molecule has 0 saturated heterocycles. The van der Waals surface area contributed by atoms with Crippen LogP contribution in [-0.2, 0) is 10.0 Å². The fourth-order valence-corrected chi connectivity index (χ4v) is 4.42. The SMILES string of the molecule is Cc1cc2c(ccn2S(=O)(=O)c2ccccc2)c(OCCCO)c1Br. The average Bonchev–Trinajstić information content (AvgIpc) is 3.03. The van der Waals surface area contributed by atoms with Crippen LogP contribution in [0.5, 0.6) is 5.75 Å². The second-order valence-electron chi connectivity index (χ2n) is 5.62. The number of halogens is 1. The Bertz CT molecular complexity index is 997. The molecule has 1 heterocycles. The molecule has 5 nitrogen and oxygen atoms in total. The highest BCUT2D eigenvalue weighted by atomic mass is 79.9. The van der Waals surface area contributed by atoms with Crippen molar-refractivity contribution in [2.45, 2.75) is 18.2 Å². The van der Waals surface area contributed by atoms with E-state index in [0.29, 0.717) is 29.7 Å². The van der Waals surface area contributed by atoms with Gasteiger partial charge in [0.05, 0.1) is 21.5 Å². The minimum atomic E-state index is -3.69. The first-order chi connectivity index (χ1) is 12.0. The maximum atomic E-state index is 13.0. The molecule has 2 aromatic carbocycles. The van der Waals surface area contributed by atoms with Gasteiger partial charge in [-0.05, 0) is 52.7 Å². The van der Waals surface area contributed by atoms with E-state index in [1.807, 2.05) is 13.0 Å². The summed E-state index contributed by atoms with van der Waals surface area (Å²) < 4.78 is 33.8. The Hall–Kier alpha value is -1.83. The van der Waals surface area contributed by atoms with Gasteiger partial charge >= 0.3 is 0 Å². The Balaban J connectivity index is 2.16. The van der Waals surface area contributed by atoms with Gasteiger partial charge in [0, 0.05) is 24.6 Å². The topological polar surface area (TPSA) is 68.5 Å². The summed E-state index contributed by atoms with van der Waals surface area (Å²) in [6.45, 7) is 2.27. The van der Waals surface area contributed by atoms with Gasteiger partial charge in [-0.15, -0.1) is 0 Å². The van der Waals surface area contributed by atoms with Crippen LogP contribution >= 0.6 is 15.9 Å². The van der Waals surface area contributed by atoms with Gasteiger partial charge in [-0.3, -0.25) is 0 Å². The summed E-state index contributed by atoms with van der Waals surface area (Å²) in [7, 11) is -3.69. The van der Waals surface area contributed by atoms with Crippen LogP contribution in [0.3, 0.4) is 0 Å². The largest absolute Gasteiger partial charge is 0.492 e. The number of hydrogen-bond acceptors (Lipinski definition) is 4. The summed E-state index contributed by atoms with van der Waals surface area (Å²) in [6, 6.07) is 11.9. The Morgan fingerprint density at radius 2 is 1.92 bits per heavy atom. The molecular formula is C18H18BrNO4S. The third kappa shape index (κ3) is 3.31. The van der Waals surface area contributed by atoms with Gasteiger partial charge in [0.2, 0.25) is 0 Å². The molecule has 0 spiro atoms. The van der Waals surface area contributed by atoms with E-state index < -0.39 is 10.0 Å². The maximum absolute atomic E-state index is 13.0. The number of hydrogen-bond donors (Lipinski definition) is 1. The molecule has 3 rings (SSSR count). The van der Waals surface area contributed by atoms with Crippen molar-refractivity contribution in [3.8, 4) is 5.75 Å². The van der Waals surface area contributed by atoms with Gasteiger partial charge in [0.25, 0.3) is 10.0 Å². The summed E-state index contributed by atoms with van der Waals surface area (Å²) in [4.78, 5) is 0.232. The molecule has 3 aromatic rings. The van der Waals surface area contributed by atoms with Crippen LogP contribution in [0, 0.1) is 6.92 Å². The Kier molecular flexibility index (Phi) is 5.17. The lowest BCUT2D eigenvalue weighted by atomic mass is 10.1. The van der Waals surface area contributed by atoms with Crippen molar-refractivity contribution in [3.05, 3.63) is 58.7 Å². The van der Waals surface area contributed by atoms with Crippen LogP contribution in [0.4, 0.5) is 0 Å². The number of rotatable bonds is 6. The van der Waals surface area contributed by atoms with Crippen LogP contribution in [0.25, 0.3) is 10.9 Å². The van der Waals surface area contributed by atoms with E-state index in [1.165, 1.54) is 10.2 Å². The van der Waals surface area contributed by atoms with E-state index in [-0.39, 0.29) is 11.5 Å². The molecule has 0 aliphatic rings. The van der Waals surface area contributed by atoms with Crippen molar-refractivity contribution in [2.75, 3.05) is 13.2 Å². The second-order valence-corrected chi connectivity index (χ2v) is 8.23. The van der Waals surface area contributed by atoms with E-state index >= 15 is 0 Å². The predicted molar refractivity (Wildman–Crippen MR) is 101 cm³/mol. The quantitative estimate of drug-likeness (QED) is 0.613. The second kappa shape index (κ2) is 7.19. The molecule has 1 aromatic heterocycles. The van der Waals surface area contributed by atoms with E-state index in [9.17, 15) is 8.42 Å². The van der Waals surface area contributed by atoms with Gasteiger partial charge in [-0.1, -0.05) is 18.2 Å². The molecule has 1 N–H and O–H groups in total. The fourth-order valence-electron chi connectivity index (χ4n) is 2.62. The molecule has 0 saturated carbocycles. The fraction of sp³-hybridized carbons (Fsp3) is 0.222. The summed E-state index contributed by atoms with van der Waals surface area (Å²) in [6.07, 6.45) is 2.04. The van der Waals surface area contributed by atoms with Crippen LogP contribution in [0.15, 0.2) is 58.0 Å². The van der Waals surface area contributed by atoms with Gasteiger partial charge in [0.15, 0.2) is 0 Å². The lowest BCUT2D eigenvalue weighted by Gasteiger charge is -2.13. The molecule has 0 aliphatic carbocycles. The van der Waals surface area contributed by atoms with Crippen LogP contribution < -0.4 is 4.74 Å². The molecule has 0 atom stereocenters. The monoisotopic (exact) mass is 423 g/mol. The van der Waals surface area contributed by atoms with Crippen molar-refractivity contribution in [1.82, 2.24) is 3.97 Å². The first-order valence-electron chi connectivity index (χ1n) is 7.81. The molecule has 0 aliphatic heterocycles. The Morgan fingerprint density at radius 3 is 2.60 bits per heavy atom. The van der Waals surface area contributed by atoms with E-state index in [0.717, 1.165) is 10.0 Å². The first-order valence-corrected chi connectivity index (χ1v) is 10.0. The van der Waals surface area contributed by atoms with E-state index in [1.54, 1.807) is 36.4 Å². The lowest BCUT2D eigenvalue weighted by molar-refractivity contribution is 0.234. The molecule has 0 bridgehead atoms. The number of aliphatic hydroxyl groups is 1. The number of benzene rings is 2. The standard InChI is InChI=1S/C18H18BrNO4S/c1-13-12-16-15(18(17(13)19)24-11-5-10-21)8-9-20(16)25(22,23)14-6-3-2-4-7-14/h2-4,6-9,12,21H,5,10-11H2,1H3. The minimum Gasteiger partial charge on any atom is -0.492 e. The Labute approximate surface area is 155 Å². The number of aromatic nitrogens is 1. The van der Waals surface area contributed by atoms with Gasteiger partial charge < -0.3 is 9.84 Å². The number of nitrogens with zero attached hydrogens (tertiary/aromatic N) is 1. The zero-order valence-electron chi connectivity index (χ0n) is 13.6. The molecule has 0 unspecified atom stereocenters. The smallest absolute Gasteiger partial charge is 0.268 e. The van der Waals surface area contributed by atoms with Crippen LogP contribution in [0.2, 0.25) is 0 Å². The molecule has 25 heavy (non-hydrogen) atoms. The Morgan fingerprint density at radius 1 is 1.20 bits per heavy atom. The molecule has 0 amide bonds. The number of ether oxygens (including phenoxy) is 1. The van der Waals surface area contributed by atoms with Crippen molar-refractivity contribution < 1.29 is 18.3 Å². The predicted octanol–water partition coefficient (Wildman–Crippen LogP) is 3.71. The van der Waals surface area contributed by atoms with Crippen molar-refractivity contribution in [3.63, 3.8) is 0 Å². The summed E-state index contributed by atoms with van der Waals surface area (Å²) in [5, 5.41) is 9.65. The van der Waals surface area contributed by atoms with Crippen LogP contribution in [-0.4, -0.2) is 30.7 Å². The lowest BCUT2D eigenvalue weighted by Crippen LogP contribution is -2.11. The third-order valence-corrected chi connectivity index (χ3v) is 6.57. The number of aliphatic hydroxyl groups excluding tert-OH is 1. The molecular weight excluding hydrogens is 406 g/mol. The highest BCUT2D eigenvalue weighted by Crippen LogP contribution is 2.38. The zero-order chi connectivity index (χ0) is 18.0. The number of aryl methyl sites for hydroxylation is 1. The van der Waals surface area contributed by atoms with Crippen LogP contribution in [0.1, 0.15) is 12.0 Å². The summed E-state index contributed by atoms with van der Waals surface area (Å²) in [5.74, 6) is 0.588. The van der Waals surface area contributed by atoms with Gasteiger partial charge in [-0.25, -0.2) is 12.4 Å². The first kappa shape index (κ1) is 18.0. The van der Waals surface area contributed by atoms with Crippen molar-refractivity contribution in [1.29, 1.82) is 0 Å². The molecule has 7 heteroatoms. The average molecular weight is 424 g/mol. The van der Waals surface area contributed by atoms with Crippen molar-refractivity contribution in [2.24, 2.45) is 0 Å². The molecule has 0 radical (unpaired) electrons. The highest BCUT2D eigenvalue weighted by molar-refractivity contribution is 9.10. The third-order valence-electron chi connectivity index (χ3n) is 3.88. The van der Waals surface area contributed by atoms with Gasteiger partial charge in [-0.2, -0.15) is 0 Å². The van der Waals surface area contributed by atoms with Gasteiger partial charge in [0.1, 0.15) is 5.75 Å². The summed E-state index contributed by atoms with van der Waals surface area (Å²) >= 11 is 3.51. The normalized spacial score (nSPS) is 11.8. The van der Waals surface area contributed by atoms with Crippen molar-refractivity contribution >= 4 is 36.9 Å².